The van der Waals surface area contributed by atoms with E-state index in [1.165, 1.54) is 25.6 Å². The normalized spacial score (nSPS) is 10.6. The van der Waals surface area contributed by atoms with Crippen LogP contribution in [0.3, 0.4) is 0 Å². The van der Waals surface area contributed by atoms with Crippen molar-refractivity contribution in [3.05, 3.63) is 16.6 Å². The average Bonchev–Trinajstić information content (AvgIpc) is 2.72. The summed E-state index contributed by atoms with van der Waals surface area (Å²) in [5, 5.41) is 4.55. The summed E-state index contributed by atoms with van der Waals surface area (Å²) in [7, 11) is 3.06. The van der Waals surface area contributed by atoms with E-state index in [9.17, 15) is 4.79 Å². The average molecular weight is 230 g/mol. The van der Waals surface area contributed by atoms with Crippen molar-refractivity contribution in [2.45, 2.75) is 12.7 Å². The van der Waals surface area contributed by atoms with Crippen molar-refractivity contribution >= 4 is 17.2 Å². The zero-order valence-corrected chi connectivity index (χ0v) is 9.54. The first kappa shape index (κ1) is 12.1. The predicted molar refractivity (Wildman–Crippen MR) is 56.6 cm³/mol. The summed E-state index contributed by atoms with van der Waals surface area (Å²) < 4.78 is 9.87. The number of thiazole rings is 1. The highest BCUT2D eigenvalue weighted by Crippen LogP contribution is 2.01. The van der Waals surface area contributed by atoms with Crippen molar-refractivity contribution in [1.29, 1.82) is 0 Å². The van der Waals surface area contributed by atoms with Gasteiger partial charge in [-0.15, -0.1) is 11.3 Å². The lowest BCUT2D eigenvalue weighted by molar-refractivity contribution is -0.126. The molecule has 0 aliphatic carbocycles. The number of amides is 1. The largest absolute Gasteiger partial charge is 0.354 e. The number of aromatic nitrogens is 1. The van der Waals surface area contributed by atoms with Crippen LogP contribution in [-0.4, -0.2) is 37.9 Å². The molecule has 0 saturated heterocycles. The molecule has 5 nitrogen and oxygen atoms in total. The maximum atomic E-state index is 11.4. The van der Waals surface area contributed by atoms with Crippen molar-refractivity contribution < 1.29 is 14.3 Å². The molecule has 84 valence electrons. The SMILES string of the molecule is COC(CNC(=O)Cc1cscn1)OC. The van der Waals surface area contributed by atoms with Crippen molar-refractivity contribution in [3.63, 3.8) is 0 Å². The Morgan fingerprint density at radius 1 is 1.60 bits per heavy atom. The molecule has 0 spiro atoms. The van der Waals surface area contributed by atoms with Crippen molar-refractivity contribution in [3.8, 4) is 0 Å². The second-order valence-corrected chi connectivity index (χ2v) is 3.58. The van der Waals surface area contributed by atoms with E-state index in [-0.39, 0.29) is 5.91 Å². The molecule has 0 atom stereocenters. The smallest absolute Gasteiger partial charge is 0.226 e. The van der Waals surface area contributed by atoms with E-state index in [1.54, 1.807) is 5.51 Å². The van der Waals surface area contributed by atoms with Crippen LogP contribution >= 0.6 is 11.3 Å². The van der Waals surface area contributed by atoms with Gasteiger partial charge >= 0.3 is 0 Å². The molecule has 0 aliphatic heterocycles. The van der Waals surface area contributed by atoms with Crippen LogP contribution in [0.25, 0.3) is 0 Å². The van der Waals surface area contributed by atoms with Gasteiger partial charge in [-0.1, -0.05) is 0 Å². The van der Waals surface area contributed by atoms with Crippen LogP contribution in [0.4, 0.5) is 0 Å². The molecule has 1 amide bonds. The van der Waals surface area contributed by atoms with Gasteiger partial charge in [0, 0.05) is 19.6 Å². The zero-order chi connectivity index (χ0) is 11.1. The van der Waals surface area contributed by atoms with Crippen molar-refractivity contribution in [1.82, 2.24) is 10.3 Å². The molecule has 1 aromatic rings. The molecule has 0 unspecified atom stereocenters. The minimum Gasteiger partial charge on any atom is -0.354 e. The minimum absolute atomic E-state index is 0.0833. The first-order valence-electron chi connectivity index (χ1n) is 4.45. The van der Waals surface area contributed by atoms with Gasteiger partial charge in [0.2, 0.25) is 5.91 Å². The summed E-state index contributed by atoms with van der Waals surface area (Å²) >= 11 is 1.47. The number of hydrogen-bond acceptors (Lipinski definition) is 5. The lowest BCUT2D eigenvalue weighted by Crippen LogP contribution is -2.35. The summed E-state index contributed by atoms with van der Waals surface area (Å²) in [5.41, 5.74) is 2.49. The molecule has 0 radical (unpaired) electrons. The van der Waals surface area contributed by atoms with Crippen LogP contribution in [-0.2, 0) is 20.7 Å². The topological polar surface area (TPSA) is 60.5 Å². The second kappa shape index (κ2) is 6.49. The summed E-state index contributed by atoms with van der Waals surface area (Å²) in [6, 6.07) is 0. The van der Waals surface area contributed by atoms with Crippen LogP contribution in [0.5, 0.6) is 0 Å². The Kier molecular flexibility index (Phi) is 5.23. The summed E-state index contributed by atoms with van der Waals surface area (Å²) in [5.74, 6) is -0.0833. The lowest BCUT2D eigenvalue weighted by atomic mass is 10.3. The molecule has 1 N–H and O–H groups in total. The fourth-order valence-corrected chi connectivity index (χ4v) is 1.57. The number of ether oxygens (including phenoxy) is 2. The van der Waals surface area contributed by atoms with Crippen LogP contribution in [0.1, 0.15) is 5.69 Å². The molecule has 1 rings (SSSR count). The van der Waals surface area contributed by atoms with E-state index >= 15 is 0 Å². The predicted octanol–water partition coefficient (Wildman–Crippen LogP) is 0.421. The molecule has 0 bridgehead atoms. The summed E-state index contributed by atoms with van der Waals surface area (Å²) in [6.45, 7) is 0.343. The maximum Gasteiger partial charge on any atom is 0.226 e. The highest BCUT2D eigenvalue weighted by atomic mass is 32.1. The summed E-state index contributed by atoms with van der Waals surface area (Å²) in [4.78, 5) is 15.4. The third-order valence-electron chi connectivity index (χ3n) is 1.82. The van der Waals surface area contributed by atoms with E-state index in [0.29, 0.717) is 13.0 Å². The Labute approximate surface area is 92.4 Å². The van der Waals surface area contributed by atoms with Crippen LogP contribution < -0.4 is 5.32 Å². The van der Waals surface area contributed by atoms with Gasteiger partial charge in [0.05, 0.1) is 24.2 Å². The number of carbonyl (C=O) groups excluding carboxylic acids is 1. The quantitative estimate of drug-likeness (QED) is 0.720. The van der Waals surface area contributed by atoms with E-state index in [4.69, 9.17) is 9.47 Å². The number of rotatable bonds is 6. The van der Waals surface area contributed by atoms with Gasteiger partial charge in [0.15, 0.2) is 6.29 Å². The highest BCUT2D eigenvalue weighted by molar-refractivity contribution is 7.07. The monoisotopic (exact) mass is 230 g/mol. The Morgan fingerprint density at radius 3 is 2.87 bits per heavy atom. The van der Waals surface area contributed by atoms with Crippen molar-refractivity contribution in [2.24, 2.45) is 0 Å². The molecule has 0 aliphatic rings. The maximum absolute atomic E-state index is 11.4. The summed E-state index contributed by atoms with van der Waals surface area (Å²) in [6.07, 6.45) is -0.103. The van der Waals surface area contributed by atoms with E-state index in [0.717, 1.165) is 5.69 Å². The molecule has 1 heterocycles. The van der Waals surface area contributed by atoms with E-state index < -0.39 is 6.29 Å². The molecular weight excluding hydrogens is 216 g/mol. The Hall–Kier alpha value is -0.980. The third kappa shape index (κ3) is 4.37. The first-order chi connectivity index (χ1) is 7.26. The first-order valence-corrected chi connectivity index (χ1v) is 5.40. The van der Waals surface area contributed by atoms with Gasteiger partial charge < -0.3 is 14.8 Å². The Morgan fingerprint density at radius 2 is 2.33 bits per heavy atom. The van der Waals surface area contributed by atoms with Gasteiger partial charge in [-0.2, -0.15) is 0 Å². The standard InChI is InChI=1S/C9H14N2O3S/c1-13-9(14-2)4-10-8(12)3-7-5-15-6-11-7/h5-6,9H,3-4H2,1-2H3,(H,10,12). The molecule has 0 fully saturated rings. The van der Waals surface area contributed by atoms with Gasteiger partial charge in [-0.3, -0.25) is 4.79 Å². The Balaban J connectivity index is 2.24. The number of hydrogen-bond donors (Lipinski definition) is 1. The zero-order valence-electron chi connectivity index (χ0n) is 8.73. The molecule has 15 heavy (non-hydrogen) atoms. The van der Waals surface area contributed by atoms with E-state index in [1.807, 2.05) is 5.38 Å². The number of methoxy groups -OCH3 is 2. The molecule has 1 aromatic heterocycles. The third-order valence-corrected chi connectivity index (χ3v) is 2.45. The van der Waals surface area contributed by atoms with Gasteiger partial charge in [0.1, 0.15) is 0 Å². The van der Waals surface area contributed by atoms with Crippen LogP contribution in [0, 0.1) is 0 Å². The minimum atomic E-state index is -0.399. The molecule has 0 aromatic carbocycles. The lowest BCUT2D eigenvalue weighted by Gasteiger charge is -2.13. The second-order valence-electron chi connectivity index (χ2n) is 2.86. The molecule has 6 heteroatoms. The highest BCUT2D eigenvalue weighted by Gasteiger charge is 2.08. The molecule has 0 saturated carbocycles. The Bertz CT molecular complexity index is 286. The van der Waals surface area contributed by atoms with Gasteiger partial charge in [-0.25, -0.2) is 4.98 Å². The number of nitrogens with zero attached hydrogens (tertiary/aromatic N) is 1. The van der Waals surface area contributed by atoms with Crippen LogP contribution in [0.2, 0.25) is 0 Å². The van der Waals surface area contributed by atoms with Crippen molar-refractivity contribution in [2.75, 3.05) is 20.8 Å². The fraction of sp³-hybridized carbons (Fsp3) is 0.556. The number of nitrogens with one attached hydrogen (secondary N) is 1. The van der Waals surface area contributed by atoms with Gasteiger partial charge in [0.25, 0.3) is 0 Å². The van der Waals surface area contributed by atoms with Crippen LogP contribution in [0.15, 0.2) is 10.9 Å². The van der Waals surface area contributed by atoms with E-state index in [2.05, 4.69) is 10.3 Å². The molecular formula is C9H14N2O3S. The fourth-order valence-electron chi connectivity index (χ4n) is 1.01. The van der Waals surface area contributed by atoms with Gasteiger partial charge in [-0.05, 0) is 0 Å². The number of carbonyl (C=O) groups is 1.